The van der Waals surface area contributed by atoms with Crippen LogP contribution in [-0.4, -0.2) is 49.6 Å². The summed E-state index contributed by atoms with van der Waals surface area (Å²) in [5, 5.41) is 2.85. The maximum absolute atomic E-state index is 11.8. The van der Waals surface area contributed by atoms with Gasteiger partial charge in [-0.1, -0.05) is 24.3 Å². The van der Waals surface area contributed by atoms with Crippen LogP contribution in [0.15, 0.2) is 24.3 Å². The highest BCUT2D eigenvalue weighted by Gasteiger charge is 2.17. The highest BCUT2D eigenvalue weighted by Crippen LogP contribution is 2.07. The number of amides is 2. The lowest BCUT2D eigenvalue weighted by atomic mass is 10.1. The Morgan fingerprint density at radius 3 is 2.95 bits per heavy atom. The SMILES string of the molecule is Cc1ccccc1CC(=O)NCCN1CCOCC1=O. The van der Waals surface area contributed by atoms with E-state index in [0.717, 1.165) is 11.1 Å². The van der Waals surface area contributed by atoms with Gasteiger partial charge in [-0.2, -0.15) is 0 Å². The maximum Gasteiger partial charge on any atom is 0.248 e. The summed E-state index contributed by atoms with van der Waals surface area (Å²) in [6.07, 6.45) is 0.379. The summed E-state index contributed by atoms with van der Waals surface area (Å²) in [7, 11) is 0. The van der Waals surface area contributed by atoms with Crippen molar-refractivity contribution in [2.75, 3.05) is 32.8 Å². The summed E-state index contributed by atoms with van der Waals surface area (Å²) in [5.41, 5.74) is 2.15. The molecule has 1 aliphatic heterocycles. The molecule has 1 aromatic rings. The molecular weight excluding hydrogens is 256 g/mol. The van der Waals surface area contributed by atoms with E-state index in [-0.39, 0.29) is 18.4 Å². The molecule has 0 bridgehead atoms. The average molecular weight is 276 g/mol. The van der Waals surface area contributed by atoms with Gasteiger partial charge in [0, 0.05) is 19.6 Å². The van der Waals surface area contributed by atoms with Crippen molar-refractivity contribution in [1.82, 2.24) is 10.2 Å². The average Bonchev–Trinajstić information content (AvgIpc) is 2.43. The van der Waals surface area contributed by atoms with Crippen molar-refractivity contribution in [3.8, 4) is 0 Å². The number of carbonyl (C=O) groups is 2. The third-order valence-electron chi connectivity index (χ3n) is 3.40. The first kappa shape index (κ1) is 14.5. The minimum atomic E-state index is -0.0139. The Kier molecular flexibility index (Phi) is 5.12. The van der Waals surface area contributed by atoms with Gasteiger partial charge in [-0.05, 0) is 18.1 Å². The highest BCUT2D eigenvalue weighted by atomic mass is 16.5. The number of nitrogens with one attached hydrogen (secondary N) is 1. The minimum absolute atomic E-state index is 0.00981. The summed E-state index contributed by atoms with van der Waals surface area (Å²) in [4.78, 5) is 25.1. The van der Waals surface area contributed by atoms with E-state index >= 15 is 0 Å². The Balaban J connectivity index is 1.73. The fourth-order valence-electron chi connectivity index (χ4n) is 2.16. The van der Waals surface area contributed by atoms with Crippen molar-refractivity contribution >= 4 is 11.8 Å². The quantitative estimate of drug-likeness (QED) is 0.852. The summed E-state index contributed by atoms with van der Waals surface area (Å²) in [5.74, 6) is -0.0237. The fourth-order valence-corrected chi connectivity index (χ4v) is 2.16. The molecule has 0 spiro atoms. The van der Waals surface area contributed by atoms with Crippen LogP contribution in [0.25, 0.3) is 0 Å². The van der Waals surface area contributed by atoms with Crippen LogP contribution in [0, 0.1) is 6.92 Å². The number of hydrogen-bond donors (Lipinski definition) is 1. The van der Waals surface area contributed by atoms with E-state index < -0.39 is 0 Å². The minimum Gasteiger partial charge on any atom is -0.370 e. The Labute approximate surface area is 118 Å². The molecule has 0 saturated carbocycles. The second-order valence-corrected chi connectivity index (χ2v) is 4.89. The first-order valence-corrected chi connectivity index (χ1v) is 6.83. The smallest absolute Gasteiger partial charge is 0.248 e. The molecule has 5 heteroatoms. The Hall–Kier alpha value is -1.88. The number of ether oxygens (including phenoxy) is 1. The lowest BCUT2D eigenvalue weighted by Crippen LogP contribution is -2.45. The van der Waals surface area contributed by atoms with Gasteiger partial charge in [0.05, 0.1) is 13.0 Å². The van der Waals surface area contributed by atoms with E-state index in [1.54, 1.807) is 4.90 Å². The zero-order chi connectivity index (χ0) is 14.4. The van der Waals surface area contributed by atoms with E-state index in [9.17, 15) is 9.59 Å². The van der Waals surface area contributed by atoms with Gasteiger partial charge >= 0.3 is 0 Å². The van der Waals surface area contributed by atoms with Crippen molar-refractivity contribution in [3.05, 3.63) is 35.4 Å². The standard InChI is InChI=1S/C15H20N2O3/c1-12-4-2-3-5-13(12)10-14(18)16-6-7-17-8-9-20-11-15(17)19/h2-5H,6-11H2,1H3,(H,16,18). The predicted octanol–water partition coefficient (Wildman–Crippen LogP) is 0.513. The highest BCUT2D eigenvalue weighted by molar-refractivity contribution is 5.79. The van der Waals surface area contributed by atoms with Crippen molar-refractivity contribution in [2.24, 2.45) is 0 Å². The molecule has 1 N–H and O–H groups in total. The number of aryl methyl sites for hydroxylation is 1. The maximum atomic E-state index is 11.8. The van der Waals surface area contributed by atoms with Crippen LogP contribution in [0.3, 0.4) is 0 Å². The number of nitrogens with zero attached hydrogens (tertiary/aromatic N) is 1. The van der Waals surface area contributed by atoms with Crippen LogP contribution < -0.4 is 5.32 Å². The molecule has 1 fully saturated rings. The summed E-state index contributed by atoms with van der Waals surface area (Å²) in [6, 6.07) is 7.85. The first-order chi connectivity index (χ1) is 9.66. The molecule has 108 valence electrons. The summed E-state index contributed by atoms with van der Waals surface area (Å²) >= 11 is 0. The van der Waals surface area contributed by atoms with Gasteiger partial charge in [0.15, 0.2) is 0 Å². The monoisotopic (exact) mass is 276 g/mol. The molecule has 5 nitrogen and oxygen atoms in total. The van der Waals surface area contributed by atoms with Gasteiger partial charge in [-0.15, -0.1) is 0 Å². The lowest BCUT2D eigenvalue weighted by Gasteiger charge is -2.26. The third kappa shape index (κ3) is 4.06. The molecule has 0 aromatic heterocycles. The molecule has 20 heavy (non-hydrogen) atoms. The van der Waals surface area contributed by atoms with Gasteiger partial charge in [-0.3, -0.25) is 9.59 Å². The Morgan fingerprint density at radius 2 is 2.20 bits per heavy atom. The lowest BCUT2D eigenvalue weighted by molar-refractivity contribution is -0.142. The van der Waals surface area contributed by atoms with Crippen LogP contribution >= 0.6 is 0 Å². The molecule has 0 radical (unpaired) electrons. The van der Waals surface area contributed by atoms with Gasteiger partial charge in [-0.25, -0.2) is 0 Å². The summed E-state index contributed by atoms with van der Waals surface area (Å²) < 4.78 is 5.05. The molecule has 1 heterocycles. The van der Waals surface area contributed by atoms with E-state index in [0.29, 0.717) is 32.7 Å². The second-order valence-electron chi connectivity index (χ2n) is 4.89. The van der Waals surface area contributed by atoms with Crippen molar-refractivity contribution < 1.29 is 14.3 Å². The number of rotatable bonds is 5. The molecule has 1 aromatic carbocycles. The molecule has 2 rings (SSSR count). The predicted molar refractivity (Wildman–Crippen MR) is 75.3 cm³/mol. The summed E-state index contributed by atoms with van der Waals surface area (Å²) in [6.45, 7) is 4.35. The Morgan fingerprint density at radius 1 is 1.40 bits per heavy atom. The number of hydrogen-bond acceptors (Lipinski definition) is 3. The normalized spacial score (nSPS) is 15.2. The molecule has 2 amide bonds. The third-order valence-corrected chi connectivity index (χ3v) is 3.40. The van der Waals surface area contributed by atoms with Gasteiger partial charge in [0.25, 0.3) is 0 Å². The van der Waals surface area contributed by atoms with Crippen LogP contribution in [-0.2, 0) is 20.7 Å². The van der Waals surface area contributed by atoms with E-state index in [4.69, 9.17) is 4.74 Å². The zero-order valence-corrected chi connectivity index (χ0v) is 11.7. The molecule has 1 saturated heterocycles. The molecule has 0 atom stereocenters. The van der Waals surface area contributed by atoms with Crippen LogP contribution in [0.2, 0.25) is 0 Å². The van der Waals surface area contributed by atoms with Gasteiger partial charge in [0.1, 0.15) is 6.61 Å². The van der Waals surface area contributed by atoms with Crippen LogP contribution in [0.5, 0.6) is 0 Å². The fraction of sp³-hybridized carbons (Fsp3) is 0.467. The molecular formula is C15H20N2O3. The topological polar surface area (TPSA) is 58.6 Å². The van der Waals surface area contributed by atoms with Crippen molar-refractivity contribution in [2.45, 2.75) is 13.3 Å². The van der Waals surface area contributed by atoms with E-state index in [2.05, 4.69) is 5.32 Å². The molecule has 0 unspecified atom stereocenters. The van der Waals surface area contributed by atoms with Crippen LogP contribution in [0.4, 0.5) is 0 Å². The van der Waals surface area contributed by atoms with E-state index in [1.165, 1.54) is 0 Å². The zero-order valence-electron chi connectivity index (χ0n) is 11.7. The van der Waals surface area contributed by atoms with Crippen molar-refractivity contribution in [1.29, 1.82) is 0 Å². The van der Waals surface area contributed by atoms with Gasteiger partial charge in [0.2, 0.25) is 11.8 Å². The Bertz CT molecular complexity index is 488. The first-order valence-electron chi connectivity index (χ1n) is 6.83. The van der Waals surface area contributed by atoms with Crippen LogP contribution in [0.1, 0.15) is 11.1 Å². The van der Waals surface area contributed by atoms with Gasteiger partial charge < -0.3 is 15.0 Å². The molecule has 1 aliphatic rings. The number of carbonyl (C=O) groups excluding carboxylic acids is 2. The number of benzene rings is 1. The van der Waals surface area contributed by atoms with Crippen molar-refractivity contribution in [3.63, 3.8) is 0 Å². The molecule has 0 aliphatic carbocycles. The second kappa shape index (κ2) is 7.05. The largest absolute Gasteiger partial charge is 0.370 e. The number of morpholine rings is 1. The van der Waals surface area contributed by atoms with E-state index in [1.807, 2.05) is 31.2 Å².